The monoisotopic (exact) mass is 263 g/mol. The smallest absolute Gasteiger partial charge is 0.128 e. The molecule has 1 aliphatic rings. The Morgan fingerprint density at radius 1 is 1.26 bits per heavy atom. The van der Waals surface area contributed by atoms with Gasteiger partial charge in [0.2, 0.25) is 0 Å². The van der Waals surface area contributed by atoms with Crippen molar-refractivity contribution in [3.05, 3.63) is 24.4 Å². The molecule has 0 aliphatic carbocycles. The van der Waals surface area contributed by atoms with Gasteiger partial charge < -0.3 is 10.0 Å². The summed E-state index contributed by atoms with van der Waals surface area (Å²) >= 11 is 0. The first-order valence-electron chi connectivity index (χ1n) is 7.10. The molecule has 1 aromatic rings. The van der Waals surface area contributed by atoms with Crippen molar-refractivity contribution in [1.82, 2.24) is 9.88 Å². The van der Waals surface area contributed by atoms with Crippen LogP contribution in [-0.2, 0) is 0 Å². The molecular weight excluding hydrogens is 238 g/mol. The van der Waals surface area contributed by atoms with Gasteiger partial charge in [0.1, 0.15) is 5.82 Å². The van der Waals surface area contributed by atoms with Crippen LogP contribution in [0.15, 0.2) is 24.4 Å². The molecule has 0 aromatic carbocycles. The maximum atomic E-state index is 10.4. The lowest BCUT2D eigenvalue weighted by atomic mass is 9.92. The van der Waals surface area contributed by atoms with Crippen LogP contribution in [0.25, 0.3) is 0 Å². The highest BCUT2D eigenvalue weighted by Crippen LogP contribution is 2.19. The maximum Gasteiger partial charge on any atom is 0.128 e. The Morgan fingerprint density at radius 2 is 1.95 bits per heavy atom. The number of aliphatic hydroxyl groups is 1. The van der Waals surface area contributed by atoms with Crippen LogP contribution in [0.3, 0.4) is 0 Å². The Labute approximate surface area is 116 Å². The summed E-state index contributed by atoms with van der Waals surface area (Å²) in [6.45, 7) is 10.8. The SMILES string of the molecule is CC(C)C(C)(O)CN1CCN(c2ccccn2)CC1. The summed E-state index contributed by atoms with van der Waals surface area (Å²) in [5, 5.41) is 10.4. The first kappa shape index (κ1) is 14.3. The molecule has 4 heteroatoms. The summed E-state index contributed by atoms with van der Waals surface area (Å²) in [5.41, 5.74) is -0.604. The molecule has 0 spiro atoms. The molecule has 1 aromatic heterocycles. The van der Waals surface area contributed by atoms with Gasteiger partial charge in [-0.05, 0) is 25.0 Å². The number of rotatable bonds is 4. The van der Waals surface area contributed by atoms with Crippen molar-refractivity contribution in [3.8, 4) is 0 Å². The number of piperazine rings is 1. The fourth-order valence-electron chi connectivity index (χ4n) is 2.31. The zero-order valence-corrected chi connectivity index (χ0v) is 12.2. The number of pyridine rings is 1. The topological polar surface area (TPSA) is 39.6 Å². The average molecular weight is 263 g/mol. The lowest BCUT2D eigenvalue weighted by Crippen LogP contribution is -2.52. The highest BCUT2D eigenvalue weighted by molar-refractivity contribution is 5.38. The second kappa shape index (κ2) is 5.88. The number of hydrogen-bond donors (Lipinski definition) is 1. The lowest BCUT2D eigenvalue weighted by molar-refractivity contribution is -0.0198. The van der Waals surface area contributed by atoms with E-state index in [4.69, 9.17) is 0 Å². The van der Waals surface area contributed by atoms with Gasteiger partial charge in [-0.3, -0.25) is 4.90 Å². The minimum atomic E-state index is -0.604. The Bertz CT molecular complexity index is 384. The third kappa shape index (κ3) is 3.67. The molecule has 1 unspecified atom stereocenters. The fraction of sp³-hybridized carbons (Fsp3) is 0.667. The zero-order valence-electron chi connectivity index (χ0n) is 12.2. The van der Waals surface area contributed by atoms with Crippen LogP contribution in [0.5, 0.6) is 0 Å². The van der Waals surface area contributed by atoms with Crippen LogP contribution in [0.1, 0.15) is 20.8 Å². The van der Waals surface area contributed by atoms with Gasteiger partial charge in [0.15, 0.2) is 0 Å². The highest BCUT2D eigenvalue weighted by atomic mass is 16.3. The Kier molecular flexibility index (Phi) is 4.42. The normalized spacial score (nSPS) is 20.6. The molecule has 1 aliphatic heterocycles. The van der Waals surface area contributed by atoms with Crippen molar-refractivity contribution in [1.29, 1.82) is 0 Å². The Balaban J connectivity index is 1.86. The predicted octanol–water partition coefficient (Wildman–Crippen LogP) is 1.61. The second-order valence-corrected chi connectivity index (χ2v) is 5.96. The number of nitrogens with zero attached hydrogens (tertiary/aromatic N) is 3. The van der Waals surface area contributed by atoms with Gasteiger partial charge in [-0.15, -0.1) is 0 Å². The van der Waals surface area contributed by atoms with E-state index in [1.807, 2.05) is 25.3 Å². The number of hydrogen-bond acceptors (Lipinski definition) is 4. The van der Waals surface area contributed by atoms with E-state index < -0.39 is 5.60 Å². The maximum absolute atomic E-state index is 10.4. The summed E-state index contributed by atoms with van der Waals surface area (Å²) in [4.78, 5) is 9.04. The number of β-amino-alcohol motifs (C(OH)–C–C–N with tert-alkyl or cyclic N) is 1. The van der Waals surface area contributed by atoms with Crippen molar-refractivity contribution in [2.75, 3.05) is 37.6 Å². The van der Waals surface area contributed by atoms with E-state index in [1.165, 1.54) is 0 Å². The van der Waals surface area contributed by atoms with Crippen LogP contribution in [0.2, 0.25) is 0 Å². The molecule has 1 saturated heterocycles. The van der Waals surface area contributed by atoms with E-state index in [1.54, 1.807) is 0 Å². The molecule has 1 fully saturated rings. The lowest BCUT2D eigenvalue weighted by Gasteiger charge is -2.40. The molecule has 19 heavy (non-hydrogen) atoms. The predicted molar refractivity (Wildman–Crippen MR) is 78.4 cm³/mol. The van der Waals surface area contributed by atoms with Gasteiger partial charge in [-0.1, -0.05) is 19.9 Å². The molecule has 0 amide bonds. The van der Waals surface area contributed by atoms with Crippen LogP contribution in [0, 0.1) is 5.92 Å². The zero-order chi connectivity index (χ0) is 13.9. The highest BCUT2D eigenvalue weighted by Gasteiger charge is 2.29. The third-order valence-corrected chi connectivity index (χ3v) is 4.13. The Hall–Kier alpha value is -1.13. The van der Waals surface area contributed by atoms with E-state index in [9.17, 15) is 5.11 Å². The van der Waals surface area contributed by atoms with Gasteiger partial charge >= 0.3 is 0 Å². The first-order chi connectivity index (χ1) is 8.99. The molecule has 0 bridgehead atoms. The minimum Gasteiger partial charge on any atom is -0.389 e. The van der Waals surface area contributed by atoms with E-state index in [0.717, 1.165) is 38.5 Å². The van der Waals surface area contributed by atoms with Gasteiger partial charge in [0.25, 0.3) is 0 Å². The van der Waals surface area contributed by atoms with Crippen molar-refractivity contribution in [2.24, 2.45) is 5.92 Å². The quantitative estimate of drug-likeness (QED) is 0.896. The van der Waals surface area contributed by atoms with Gasteiger partial charge in [-0.25, -0.2) is 4.98 Å². The van der Waals surface area contributed by atoms with Crippen LogP contribution in [0.4, 0.5) is 5.82 Å². The summed E-state index contributed by atoms with van der Waals surface area (Å²) < 4.78 is 0. The van der Waals surface area contributed by atoms with Crippen molar-refractivity contribution < 1.29 is 5.11 Å². The molecule has 0 saturated carbocycles. The molecule has 2 rings (SSSR count). The average Bonchev–Trinajstić information content (AvgIpc) is 2.40. The van der Waals surface area contributed by atoms with Crippen LogP contribution in [-0.4, -0.2) is 53.3 Å². The van der Waals surface area contributed by atoms with Gasteiger partial charge in [0.05, 0.1) is 5.60 Å². The molecular formula is C15H25N3O. The van der Waals surface area contributed by atoms with Crippen LogP contribution < -0.4 is 4.90 Å². The Morgan fingerprint density at radius 3 is 2.47 bits per heavy atom. The number of anilines is 1. The third-order valence-electron chi connectivity index (χ3n) is 4.13. The fourth-order valence-corrected chi connectivity index (χ4v) is 2.31. The molecule has 2 heterocycles. The molecule has 106 valence electrons. The minimum absolute atomic E-state index is 0.279. The molecule has 4 nitrogen and oxygen atoms in total. The number of aromatic nitrogens is 1. The van der Waals surface area contributed by atoms with Crippen molar-refractivity contribution in [3.63, 3.8) is 0 Å². The largest absolute Gasteiger partial charge is 0.389 e. The molecule has 1 N–H and O–H groups in total. The van der Waals surface area contributed by atoms with E-state index >= 15 is 0 Å². The summed E-state index contributed by atoms with van der Waals surface area (Å²) in [5.74, 6) is 1.33. The van der Waals surface area contributed by atoms with Crippen LogP contribution >= 0.6 is 0 Å². The van der Waals surface area contributed by atoms with E-state index in [0.29, 0.717) is 0 Å². The van der Waals surface area contributed by atoms with Crippen molar-refractivity contribution in [2.45, 2.75) is 26.4 Å². The van der Waals surface area contributed by atoms with E-state index in [2.05, 4.69) is 34.7 Å². The van der Waals surface area contributed by atoms with E-state index in [-0.39, 0.29) is 5.92 Å². The second-order valence-electron chi connectivity index (χ2n) is 5.96. The van der Waals surface area contributed by atoms with Gasteiger partial charge in [-0.2, -0.15) is 0 Å². The molecule has 1 atom stereocenters. The summed E-state index contributed by atoms with van der Waals surface area (Å²) in [6, 6.07) is 6.03. The van der Waals surface area contributed by atoms with Gasteiger partial charge in [0, 0.05) is 38.9 Å². The summed E-state index contributed by atoms with van der Waals surface area (Å²) in [7, 11) is 0. The first-order valence-corrected chi connectivity index (χ1v) is 7.10. The summed E-state index contributed by atoms with van der Waals surface area (Å²) in [6.07, 6.45) is 1.84. The standard InChI is InChI=1S/C15H25N3O/c1-13(2)15(3,19)12-17-8-10-18(11-9-17)14-6-4-5-7-16-14/h4-7,13,19H,8-12H2,1-3H3. The molecule has 0 radical (unpaired) electrons. The van der Waals surface area contributed by atoms with Crippen molar-refractivity contribution >= 4 is 5.82 Å².